The summed E-state index contributed by atoms with van der Waals surface area (Å²) in [5.41, 5.74) is 2.30. The van der Waals surface area contributed by atoms with Gasteiger partial charge in [0.15, 0.2) is 5.58 Å². The number of rotatable bonds is 5. The zero-order valence-corrected chi connectivity index (χ0v) is 9.17. The quantitative estimate of drug-likeness (QED) is 0.662. The van der Waals surface area contributed by atoms with Crippen LogP contribution in [-0.4, -0.2) is 25.1 Å². The van der Waals surface area contributed by atoms with Crippen LogP contribution in [0.5, 0.6) is 0 Å². The predicted molar refractivity (Wildman–Crippen MR) is 63.9 cm³/mol. The third-order valence-corrected chi connectivity index (χ3v) is 2.35. The van der Waals surface area contributed by atoms with Gasteiger partial charge in [-0.15, -0.1) is 0 Å². The molecule has 2 aromatic rings. The summed E-state index contributed by atoms with van der Waals surface area (Å²) >= 11 is 0. The molecule has 16 heavy (non-hydrogen) atoms. The van der Waals surface area contributed by atoms with E-state index < -0.39 is 5.76 Å². The highest BCUT2D eigenvalue weighted by molar-refractivity contribution is 5.76. The molecule has 0 aliphatic rings. The number of benzene rings is 1. The Bertz CT molecular complexity index is 515. The number of aromatic nitrogens is 1. The minimum Gasteiger partial charge on any atom is -0.408 e. The highest BCUT2D eigenvalue weighted by Crippen LogP contribution is 2.15. The maximum Gasteiger partial charge on any atom is 0.417 e. The van der Waals surface area contributed by atoms with Gasteiger partial charge in [0, 0.05) is 12.2 Å². The van der Waals surface area contributed by atoms with Crippen molar-refractivity contribution in [2.45, 2.75) is 6.42 Å². The maximum absolute atomic E-state index is 10.9. The van der Waals surface area contributed by atoms with Crippen LogP contribution in [0.25, 0.3) is 11.1 Å². The zero-order valence-electron chi connectivity index (χ0n) is 9.17. The van der Waals surface area contributed by atoms with Gasteiger partial charge in [-0.2, -0.15) is 0 Å². The van der Waals surface area contributed by atoms with Crippen LogP contribution in [-0.2, 0) is 0 Å². The number of aromatic amines is 1. The lowest BCUT2D eigenvalue weighted by Crippen LogP contribution is -2.12. The van der Waals surface area contributed by atoms with Crippen LogP contribution in [0.1, 0.15) is 6.42 Å². The van der Waals surface area contributed by atoms with Crippen LogP contribution in [0.2, 0.25) is 0 Å². The molecule has 1 heterocycles. The van der Waals surface area contributed by atoms with Crippen molar-refractivity contribution in [1.29, 1.82) is 0 Å². The molecule has 0 saturated heterocycles. The summed E-state index contributed by atoms with van der Waals surface area (Å²) in [4.78, 5) is 13.6. The third-order valence-electron chi connectivity index (χ3n) is 2.35. The largest absolute Gasteiger partial charge is 0.417 e. The molecular weight excluding hydrogens is 206 g/mol. The molecule has 1 aromatic carbocycles. The molecule has 0 radical (unpaired) electrons. The lowest BCUT2D eigenvalue weighted by molar-refractivity contribution is 0.555. The Balaban J connectivity index is 2.04. The van der Waals surface area contributed by atoms with Crippen molar-refractivity contribution in [3.05, 3.63) is 28.7 Å². The van der Waals surface area contributed by atoms with Gasteiger partial charge in [0.05, 0.1) is 5.52 Å². The number of hydrogen-bond donors (Lipinski definition) is 3. The lowest BCUT2D eigenvalue weighted by Gasteiger charge is -2.05. The van der Waals surface area contributed by atoms with E-state index in [0.717, 1.165) is 30.7 Å². The fourth-order valence-electron chi connectivity index (χ4n) is 1.56. The fraction of sp³-hybridized carbons (Fsp3) is 0.364. The van der Waals surface area contributed by atoms with Crippen molar-refractivity contribution >= 4 is 16.8 Å². The second-order valence-electron chi connectivity index (χ2n) is 3.61. The average molecular weight is 221 g/mol. The molecule has 5 nitrogen and oxygen atoms in total. The summed E-state index contributed by atoms with van der Waals surface area (Å²) < 4.78 is 4.92. The Morgan fingerprint density at radius 2 is 2.25 bits per heavy atom. The average Bonchev–Trinajstić information content (AvgIpc) is 2.64. The molecule has 0 saturated carbocycles. The highest BCUT2D eigenvalue weighted by Gasteiger charge is 2.01. The van der Waals surface area contributed by atoms with Crippen molar-refractivity contribution in [1.82, 2.24) is 10.3 Å². The molecule has 0 spiro atoms. The number of oxazole rings is 1. The number of hydrogen-bond acceptors (Lipinski definition) is 4. The first-order valence-electron chi connectivity index (χ1n) is 5.31. The van der Waals surface area contributed by atoms with Crippen LogP contribution >= 0.6 is 0 Å². The SMILES string of the molecule is CNCCCNc1ccc2oc(=O)[nH]c2c1. The first-order chi connectivity index (χ1) is 7.79. The van der Waals surface area contributed by atoms with Crippen LogP contribution < -0.4 is 16.4 Å². The van der Waals surface area contributed by atoms with Crippen LogP contribution in [0.3, 0.4) is 0 Å². The molecule has 3 N–H and O–H groups in total. The minimum absolute atomic E-state index is 0.415. The Morgan fingerprint density at radius 1 is 1.38 bits per heavy atom. The Labute approximate surface area is 92.8 Å². The van der Waals surface area contributed by atoms with E-state index in [1.54, 1.807) is 6.07 Å². The third kappa shape index (κ3) is 2.43. The van der Waals surface area contributed by atoms with Gasteiger partial charge >= 0.3 is 5.76 Å². The number of fused-ring (bicyclic) bond motifs is 1. The van der Waals surface area contributed by atoms with Crippen molar-refractivity contribution < 1.29 is 4.42 Å². The normalized spacial score (nSPS) is 10.8. The molecular formula is C11H15N3O2. The second-order valence-corrected chi connectivity index (χ2v) is 3.61. The molecule has 0 bridgehead atoms. The molecule has 0 amide bonds. The molecule has 0 aliphatic carbocycles. The fourth-order valence-corrected chi connectivity index (χ4v) is 1.56. The zero-order chi connectivity index (χ0) is 11.4. The summed E-state index contributed by atoms with van der Waals surface area (Å²) in [5, 5.41) is 6.36. The molecule has 86 valence electrons. The smallest absolute Gasteiger partial charge is 0.408 e. The van der Waals surface area contributed by atoms with E-state index in [-0.39, 0.29) is 0 Å². The van der Waals surface area contributed by atoms with Crippen LogP contribution in [0, 0.1) is 0 Å². The molecule has 0 unspecified atom stereocenters. The van der Waals surface area contributed by atoms with Gasteiger partial charge in [0.25, 0.3) is 0 Å². The first-order valence-corrected chi connectivity index (χ1v) is 5.31. The van der Waals surface area contributed by atoms with Crippen molar-refractivity contribution in [3.8, 4) is 0 Å². The minimum atomic E-state index is -0.415. The topological polar surface area (TPSA) is 70.1 Å². The van der Waals surface area contributed by atoms with E-state index in [0.29, 0.717) is 5.58 Å². The second kappa shape index (κ2) is 4.85. The number of anilines is 1. The molecule has 0 atom stereocenters. The van der Waals surface area contributed by atoms with Crippen molar-refractivity contribution in [3.63, 3.8) is 0 Å². The van der Waals surface area contributed by atoms with Crippen molar-refractivity contribution in [2.75, 3.05) is 25.5 Å². The molecule has 1 aromatic heterocycles. The van der Waals surface area contributed by atoms with Crippen LogP contribution in [0.15, 0.2) is 27.4 Å². The first kappa shape index (κ1) is 10.8. The van der Waals surface area contributed by atoms with Crippen molar-refractivity contribution in [2.24, 2.45) is 0 Å². The lowest BCUT2D eigenvalue weighted by atomic mass is 10.3. The van der Waals surface area contributed by atoms with E-state index in [9.17, 15) is 4.79 Å². The Morgan fingerprint density at radius 3 is 3.06 bits per heavy atom. The van der Waals surface area contributed by atoms with E-state index in [1.807, 2.05) is 19.2 Å². The summed E-state index contributed by atoms with van der Waals surface area (Å²) in [6, 6.07) is 5.56. The number of nitrogens with one attached hydrogen (secondary N) is 3. The van der Waals surface area contributed by atoms with Gasteiger partial charge in [-0.25, -0.2) is 4.79 Å². The molecule has 0 fully saturated rings. The van der Waals surface area contributed by atoms with E-state index in [2.05, 4.69) is 15.6 Å². The standard InChI is InChI=1S/C11H15N3O2/c1-12-5-2-6-13-8-3-4-10-9(7-8)14-11(15)16-10/h3-4,7,12-13H,2,5-6H2,1H3,(H,14,15). The van der Waals surface area contributed by atoms with Gasteiger partial charge in [0.2, 0.25) is 0 Å². The summed E-state index contributed by atoms with van der Waals surface area (Å²) in [7, 11) is 1.93. The Kier molecular flexibility index (Phi) is 3.26. The van der Waals surface area contributed by atoms with E-state index >= 15 is 0 Å². The van der Waals surface area contributed by atoms with Gasteiger partial charge in [-0.1, -0.05) is 0 Å². The predicted octanol–water partition coefficient (Wildman–Crippen LogP) is 1.14. The monoisotopic (exact) mass is 221 g/mol. The molecule has 2 rings (SSSR count). The summed E-state index contributed by atoms with van der Waals surface area (Å²) in [6.07, 6.45) is 1.05. The van der Waals surface area contributed by atoms with E-state index in [4.69, 9.17) is 4.42 Å². The summed E-state index contributed by atoms with van der Waals surface area (Å²) in [5.74, 6) is -0.415. The van der Waals surface area contributed by atoms with Gasteiger partial charge < -0.3 is 15.1 Å². The van der Waals surface area contributed by atoms with Gasteiger partial charge in [-0.3, -0.25) is 4.98 Å². The maximum atomic E-state index is 10.9. The molecule has 5 heteroatoms. The number of H-pyrrole nitrogens is 1. The van der Waals surface area contributed by atoms with Gasteiger partial charge in [0.1, 0.15) is 0 Å². The highest BCUT2D eigenvalue weighted by atomic mass is 16.4. The molecule has 0 aliphatic heterocycles. The van der Waals surface area contributed by atoms with Crippen LogP contribution in [0.4, 0.5) is 5.69 Å². The Hall–Kier alpha value is -1.75. The van der Waals surface area contributed by atoms with Gasteiger partial charge in [-0.05, 0) is 38.2 Å². The van der Waals surface area contributed by atoms with E-state index in [1.165, 1.54) is 0 Å². The summed E-state index contributed by atoms with van der Waals surface area (Å²) in [6.45, 7) is 1.88.